The molecule has 1 amide bonds. The van der Waals surface area contributed by atoms with Gasteiger partial charge in [0, 0.05) is 6.54 Å². The molecule has 0 fully saturated rings. The highest BCUT2D eigenvalue weighted by molar-refractivity contribution is 6.35. The van der Waals surface area contributed by atoms with Crippen molar-refractivity contribution < 1.29 is 14.3 Å². The number of esters is 1. The van der Waals surface area contributed by atoms with Crippen molar-refractivity contribution in [2.45, 2.75) is 26.3 Å². The molecule has 7 heteroatoms. The van der Waals surface area contributed by atoms with Crippen molar-refractivity contribution in [3.63, 3.8) is 0 Å². The van der Waals surface area contributed by atoms with Gasteiger partial charge in [-0.25, -0.2) is 9.78 Å². The van der Waals surface area contributed by atoms with E-state index in [1.165, 1.54) is 12.0 Å². The minimum absolute atomic E-state index is 0.154. The van der Waals surface area contributed by atoms with Gasteiger partial charge in [0.25, 0.3) is 5.91 Å². The predicted molar refractivity (Wildman–Crippen MR) is 108 cm³/mol. The molecule has 0 spiro atoms. The van der Waals surface area contributed by atoms with Gasteiger partial charge >= 0.3 is 5.97 Å². The molecule has 0 aliphatic carbocycles. The van der Waals surface area contributed by atoms with Gasteiger partial charge in [-0.2, -0.15) is 0 Å². The average Bonchev–Trinajstić information content (AvgIpc) is 3.19. The first kappa shape index (κ1) is 19.9. The molecule has 0 radical (unpaired) electrons. The Morgan fingerprint density at radius 3 is 2.64 bits per heavy atom. The van der Waals surface area contributed by atoms with E-state index in [4.69, 9.17) is 16.3 Å². The van der Waals surface area contributed by atoms with E-state index >= 15 is 0 Å². The first-order valence-corrected chi connectivity index (χ1v) is 9.59. The third kappa shape index (κ3) is 3.47. The summed E-state index contributed by atoms with van der Waals surface area (Å²) in [7, 11) is 1.32. The molecule has 2 aromatic carbocycles. The minimum Gasteiger partial charge on any atom is -0.467 e. The number of carbonyl (C=O) groups is 2. The standard InChI is InChI=1S/C19H16ClN3O3.C2H6/c1-26-19(25)16-12-6-3-2-5-11(12)9-10-23(16)18(24)17-21-14-8-4-7-13(20)15(14)22-17;1-2/h2-8,16H,9-10H2,1H3,(H,21,22);1-2H3. The lowest BCUT2D eigenvalue weighted by molar-refractivity contribution is -0.146. The Balaban J connectivity index is 0.00000109. The summed E-state index contributed by atoms with van der Waals surface area (Å²) < 4.78 is 4.96. The Morgan fingerprint density at radius 2 is 1.93 bits per heavy atom. The van der Waals surface area contributed by atoms with Crippen LogP contribution in [-0.4, -0.2) is 40.4 Å². The number of ether oxygens (including phenoxy) is 1. The summed E-state index contributed by atoms with van der Waals surface area (Å²) in [5.74, 6) is -0.678. The van der Waals surface area contributed by atoms with Crippen LogP contribution in [0.25, 0.3) is 11.0 Å². The molecule has 1 unspecified atom stereocenters. The van der Waals surface area contributed by atoms with Gasteiger partial charge in [-0.1, -0.05) is 55.8 Å². The molecule has 1 aliphatic heterocycles. The number of imidazole rings is 1. The number of halogens is 1. The number of H-pyrrole nitrogens is 1. The number of rotatable bonds is 2. The number of hydrogen-bond donors (Lipinski definition) is 1. The molecule has 1 N–H and O–H groups in total. The van der Waals surface area contributed by atoms with Crippen molar-refractivity contribution in [2.24, 2.45) is 0 Å². The molecule has 3 aromatic rings. The van der Waals surface area contributed by atoms with Gasteiger partial charge in [0.1, 0.15) is 5.52 Å². The molecule has 28 heavy (non-hydrogen) atoms. The second kappa shape index (κ2) is 8.44. The predicted octanol–water partition coefficient (Wildman–Crippen LogP) is 4.16. The Hall–Kier alpha value is -2.86. The number of nitrogens with one attached hydrogen (secondary N) is 1. The fraction of sp³-hybridized carbons (Fsp3) is 0.286. The highest BCUT2D eigenvalue weighted by atomic mass is 35.5. The Morgan fingerprint density at radius 1 is 1.18 bits per heavy atom. The summed E-state index contributed by atoms with van der Waals surface area (Å²) in [6, 6.07) is 12.1. The molecule has 0 saturated heterocycles. The van der Waals surface area contributed by atoms with Crippen LogP contribution in [0.3, 0.4) is 0 Å². The fourth-order valence-electron chi connectivity index (χ4n) is 3.39. The van der Waals surface area contributed by atoms with Crippen molar-refractivity contribution in [3.8, 4) is 0 Å². The summed E-state index contributed by atoms with van der Waals surface area (Å²) in [6.45, 7) is 4.40. The zero-order chi connectivity index (χ0) is 20.3. The molecule has 1 aliphatic rings. The van der Waals surface area contributed by atoms with Crippen LogP contribution in [0, 0.1) is 0 Å². The second-order valence-corrected chi connectivity index (χ2v) is 6.50. The first-order valence-electron chi connectivity index (χ1n) is 9.21. The summed E-state index contributed by atoms with van der Waals surface area (Å²) in [5.41, 5.74) is 3.03. The lowest BCUT2D eigenvalue weighted by atomic mass is 9.92. The molecule has 0 saturated carbocycles. The maximum Gasteiger partial charge on any atom is 0.333 e. The van der Waals surface area contributed by atoms with Crippen LogP contribution >= 0.6 is 11.6 Å². The number of aromatic nitrogens is 2. The average molecular weight is 400 g/mol. The van der Waals surface area contributed by atoms with Crippen molar-refractivity contribution in [1.82, 2.24) is 14.9 Å². The molecule has 146 valence electrons. The van der Waals surface area contributed by atoms with Crippen LogP contribution in [0.1, 0.15) is 41.6 Å². The Kier molecular flexibility index (Phi) is 5.99. The third-order valence-corrected chi connectivity index (χ3v) is 4.94. The second-order valence-electron chi connectivity index (χ2n) is 6.09. The van der Waals surface area contributed by atoms with Crippen LogP contribution in [0.15, 0.2) is 42.5 Å². The smallest absolute Gasteiger partial charge is 0.333 e. The van der Waals surface area contributed by atoms with Gasteiger partial charge in [-0.3, -0.25) is 4.79 Å². The number of benzene rings is 2. The summed E-state index contributed by atoms with van der Waals surface area (Å²) >= 11 is 6.15. The van der Waals surface area contributed by atoms with Gasteiger partial charge < -0.3 is 14.6 Å². The normalized spacial score (nSPS) is 15.4. The maximum atomic E-state index is 13.1. The van der Waals surface area contributed by atoms with E-state index in [0.29, 0.717) is 29.0 Å². The lowest BCUT2D eigenvalue weighted by Gasteiger charge is -2.34. The van der Waals surface area contributed by atoms with Gasteiger partial charge in [-0.15, -0.1) is 0 Å². The van der Waals surface area contributed by atoms with Crippen LogP contribution in [-0.2, 0) is 16.0 Å². The van der Waals surface area contributed by atoms with E-state index in [2.05, 4.69) is 9.97 Å². The van der Waals surface area contributed by atoms with Crippen LogP contribution < -0.4 is 0 Å². The van der Waals surface area contributed by atoms with Crippen LogP contribution in [0.4, 0.5) is 0 Å². The lowest BCUT2D eigenvalue weighted by Crippen LogP contribution is -2.44. The quantitative estimate of drug-likeness (QED) is 0.656. The monoisotopic (exact) mass is 399 g/mol. The SMILES string of the molecule is CC.COC(=O)C1c2ccccc2CCN1C(=O)c1nc2c(Cl)cccc2[nH]1. The highest BCUT2D eigenvalue weighted by Gasteiger charge is 2.37. The molecular weight excluding hydrogens is 378 g/mol. The number of hydrogen-bond acceptors (Lipinski definition) is 4. The van der Waals surface area contributed by atoms with Crippen molar-refractivity contribution >= 4 is 34.5 Å². The Bertz CT molecular complexity index is 1020. The van der Waals surface area contributed by atoms with E-state index in [1.54, 1.807) is 18.2 Å². The maximum absolute atomic E-state index is 13.1. The van der Waals surface area contributed by atoms with Gasteiger partial charge in [0.15, 0.2) is 11.9 Å². The molecule has 2 heterocycles. The Labute approximate surface area is 168 Å². The van der Waals surface area contributed by atoms with E-state index < -0.39 is 12.0 Å². The minimum atomic E-state index is -0.791. The summed E-state index contributed by atoms with van der Waals surface area (Å²) in [5, 5.41) is 0.464. The number of fused-ring (bicyclic) bond motifs is 2. The van der Waals surface area contributed by atoms with Gasteiger partial charge in [0.2, 0.25) is 0 Å². The van der Waals surface area contributed by atoms with Crippen molar-refractivity contribution in [2.75, 3.05) is 13.7 Å². The number of aromatic amines is 1. The van der Waals surface area contributed by atoms with Crippen LogP contribution in [0.5, 0.6) is 0 Å². The van der Waals surface area contributed by atoms with E-state index in [-0.39, 0.29) is 11.7 Å². The summed E-state index contributed by atoms with van der Waals surface area (Å²) in [4.78, 5) is 34.4. The van der Waals surface area contributed by atoms with Crippen molar-refractivity contribution in [3.05, 3.63) is 64.4 Å². The number of methoxy groups -OCH3 is 1. The number of para-hydroxylation sites is 1. The van der Waals surface area contributed by atoms with Crippen LogP contribution in [0.2, 0.25) is 5.02 Å². The first-order chi connectivity index (χ1) is 13.6. The molecule has 6 nitrogen and oxygen atoms in total. The number of nitrogens with zero attached hydrogens (tertiary/aromatic N) is 2. The summed E-state index contributed by atoms with van der Waals surface area (Å²) in [6.07, 6.45) is 0.663. The van der Waals surface area contributed by atoms with E-state index in [0.717, 1.165) is 11.1 Å². The third-order valence-electron chi connectivity index (χ3n) is 4.63. The largest absolute Gasteiger partial charge is 0.467 e. The zero-order valence-corrected chi connectivity index (χ0v) is 16.8. The van der Waals surface area contributed by atoms with E-state index in [9.17, 15) is 9.59 Å². The molecule has 1 atom stereocenters. The number of carbonyl (C=O) groups excluding carboxylic acids is 2. The molecular formula is C21H22ClN3O3. The number of amides is 1. The van der Waals surface area contributed by atoms with Crippen molar-refractivity contribution in [1.29, 1.82) is 0 Å². The molecule has 0 bridgehead atoms. The van der Waals surface area contributed by atoms with E-state index in [1.807, 2.05) is 38.1 Å². The fourth-order valence-corrected chi connectivity index (χ4v) is 3.60. The van der Waals surface area contributed by atoms with Gasteiger partial charge in [0.05, 0.1) is 17.6 Å². The van der Waals surface area contributed by atoms with Gasteiger partial charge in [-0.05, 0) is 29.7 Å². The highest BCUT2D eigenvalue weighted by Crippen LogP contribution is 2.32. The molecule has 4 rings (SSSR count). The zero-order valence-electron chi connectivity index (χ0n) is 16.0. The molecule has 1 aromatic heterocycles. The topological polar surface area (TPSA) is 75.3 Å².